The number of aromatic nitrogens is 1. The van der Waals surface area contributed by atoms with E-state index < -0.39 is 0 Å². The summed E-state index contributed by atoms with van der Waals surface area (Å²) < 4.78 is 0. The summed E-state index contributed by atoms with van der Waals surface area (Å²) in [6.07, 6.45) is 4.57. The first-order valence-electron chi connectivity index (χ1n) is 8.93. The second kappa shape index (κ2) is 8.12. The number of nitrogens with one attached hydrogen (secondary N) is 1. The van der Waals surface area contributed by atoms with Crippen molar-refractivity contribution in [1.82, 2.24) is 14.8 Å². The molecule has 0 bridgehead atoms. The molecule has 2 amide bonds. The number of piperazine rings is 1. The van der Waals surface area contributed by atoms with E-state index in [1.165, 1.54) is 11.1 Å². The molecule has 25 heavy (non-hydrogen) atoms. The second-order valence-corrected chi connectivity index (χ2v) is 6.51. The quantitative estimate of drug-likeness (QED) is 0.930. The van der Waals surface area contributed by atoms with Crippen molar-refractivity contribution in [3.63, 3.8) is 0 Å². The molecule has 1 fully saturated rings. The highest BCUT2D eigenvalue weighted by Gasteiger charge is 2.22. The Kier molecular flexibility index (Phi) is 5.66. The SMILES string of the molecule is CCc1cccc(C)c1NC(=O)N1CCN(Cc2ccncc2)CC1. The van der Waals surface area contributed by atoms with Crippen molar-refractivity contribution in [3.8, 4) is 0 Å². The van der Waals surface area contributed by atoms with E-state index in [1.54, 1.807) is 0 Å². The van der Waals surface area contributed by atoms with Gasteiger partial charge in [-0.1, -0.05) is 25.1 Å². The highest BCUT2D eigenvalue weighted by molar-refractivity contribution is 5.91. The van der Waals surface area contributed by atoms with Crippen LogP contribution in [0.3, 0.4) is 0 Å². The van der Waals surface area contributed by atoms with E-state index in [-0.39, 0.29) is 6.03 Å². The van der Waals surface area contributed by atoms with E-state index in [0.717, 1.165) is 50.4 Å². The predicted octanol–water partition coefficient (Wildman–Crippen LogP) is 3.30. The van der Waals surface area contributed by atoms with Crippen molar-refractivity contribution < 1.29 is 4.79 Å². The molecule has 3 rings (SSSR count). The number of benzene rings is 1. The molecule has 1 aromatic carbocycles. The molecule has 0 spiro atoms. The number of amides is 2. The minimum absolute atomic E-state index is 0.00700. The number of hydrogen-bond acceptors (Lipinski definition) is 3. The summed E-state index contributed by atoms with van der Waals surface area (Å²) in [5, 5.41) is 3.12. The van der Waals surface area contributed by atoms with Gasteiger partial charge in [0.1, 0.15) is 0 Å². The van der Waals surface area contributed by atoms with E-state index in [0.29, 0.717) is 0 Å². The van der Waals surface area contributed by atoms with Gasteiger partial charge in [-0.15, -0.1) is 0 Å². The van der Waals surface area contributed by atoms with Gasteiger partial charge in [-0.05, 0) is 42.2 Å². The minimum Gasteiger partial charge on any atom is -0.322 e. The molecule has 0 saturated carbocycles. The molecule has 0 aliphatic carbocycles. The Bertz CT molecular complexity index is 709. The highest BCUT2D eigenvalue weighted by atomic mass is 16.2. The molecule has 132 valence electrons. The monoisotopic (exact) mass is 338 g/mol. The van der Waals surface area contributed by atoms with E-state index in [2.05, 4.69) is 28.2 Å². The van der Waals surface area contributed by atoms with Gasteiger partial charge in [0.05, 0.1) is 0 Å². The molecule has 1 N–H and O–H groups in total. The summed E-state index contributed by atoms with van der Waals surface area (Å²) in [6, 6.07) is 10.3. The molecule has 5 heteroatoms. The Labute approximate surface area is 149 Å². The first-order chi connectivity index (χ1) is 12.2. The van der Waals surface area contributed by atoms with Crippen LogP contribution in [0.2, 0.25) is 0 Å². The van der Waals surface area contributed by atoms with Gasteiger partial charge < -0.3 is 10.2 Å². The van der Waals surface area contributed by atoms with Crippen molar-refractivity contribution in [2.24, 2.45) is 0 Å². The molecule has 0 atom stereocenters. The normalized spacial score (nSPS) is 15.2. The zero-order chi connectivity index (χ0) is 17.6. The topological polar surface area (TPSA) is 48.5 Å². The average molecular weight is 338 g/mol. The maximum atomic E-state index is 12.6. The summed E-state index contributed by atoms with van der Waals surface area (Å²) in [5.41, 5.74) is 4.53. The lowest BCUT2D eigenvalue weighted by Gasteiger charge is -2.35. The van der Waals surface area contributed by atoms with E-state index in [4.69, 9.17) is 0 Å². The number of carbonyl (C=O) groups is 1. The molecule has 5 nitrogen and oxygen atoms in total. The van der Waals surface area contributed by atoms with Gasteiger partial charge in [0.25, 0.3) is 0 Å². The van der Waals surface area contributed by atoms with Crippen molar-refractivity contribution >= 4 is 11.7 Å². The third kappa shape index (κ3) is 4.37. The second-order valence-electron chi connectivity index (χ2n) is 6.51. The van der Waals surface area contributed by atoms with Gasteiger partial charge >= 0.3 is 6.03 Å². The largest absolute Gasteiger partial charge is 0.322 e. The molecular weight excluding hydrogens is 312 g/mol. The number of pyridine rings is 1. The lowest BCUT2D eigenvalue weighted by molar-refractivity contribution is 0.143. The fourth-order valence-corrected chi connectivity index (χ4v) is 3.24. The number of aryl methyl sites for hydroxylation is 2. The Morgan fingerprint density at radius 1 is 1.12 bits per heavy atom. The number of urea groups is 1. The number of para-hydroxylation sites is 1. The van der Waals surface area contributed by atoms with Crippen LogP contribution in [0.1, 0.15) is 23.6 Å². The fraction of sp³-hybridized carbons (Fsp3) is 0.400. The standard InChI is InChI=1S/C20H26N4O/c1-3-18-6-4-5-16(2)19(18)22-20(25)24-13-11-23(12-14-24)15-17-7-9-21-10-8-17/h4-10H,3,11-15H2,1-2H3,(H,22,25). The Balaban J connectivity index is 1.55. The van der Waals surface area contributed by atoms with E-state index in [9.17, 15) is 4.79 Å². The number of nitrogens with zero attached hydrogens (tertiary/aromatic N) is 3. The molecule has 1 aromatic heterocycles. The fourth-order valence-electron chi connectivity index (χ4n) is 3.24. The number of rotatable bonds is 4. The van der Waals surface area contributed by atoms with Crippen LogP contribution in [0, 0.1) is 6.92 Å². The van der Waals surface area contributed by atoms with Gasteiger partial charge in [0, 0.05) is 50.8 Å². The number of anilines is 1. The van der Waals surface area contributed by atoms with Crippen LogP contribution < -0.4 is 5.32 Å². The Morgan fingerprint density at radius 2 is 1.84 bits per heavy atom. The summed E-state index contributed by atoms with van der Waals surface area (Å²) >= 11 is 0. The van der Waals surface area contributed by atoms with Gasteiger partial charge in [0.15, 0.2) is 0 Å². The highest BCUT2D eigenvalue weighted by Crippen LogP contribution is 2.21. The lowest BCUT2D eigenvalue weighted by Crippen LogP contribution is -2.49. The lowest BCUT2D eigenvalue weighted by atomic mass is 10.1. The zero-order valence-electron chi connectivity index (χ0n) is 15.0. The smallest absolute Gasteiger partial charge is 0.321 e. The van der Waals surface area contributed by atoms with Crippen LogP contribution in [0.15, 0.2) is 42.7 Å². The summed E-state index contributed by atoms with van der Waals surface area (Å²) in [6.45, 7) is 8.36. The molecule has 1 saturated heterocycles. The van der Waals surface area contributed by atoms with Crippen molar-refractivity contribution in [2.45, 2.75) is 26.8 Å². The predicted molar refractivity (Wildman–Crippen MR) is 101 cm³/mol. The van der Waals surface area contributed by atoms with E-state index in [1.807, 2.05) is 48.5 Å². The number of hydrogen-bond donors (Lipinski definition) is 1. The van der Waals surface area contributed by atoms with Crippen molar-refractivity contribution in [2.75, 3.05) is 31.5 Å². The van der Waals surface area contributed by atoms with Crippen molar-refractivity contribution in [1.29, 1.82) is 0 Å². The molecule has 1 aliphatic rings. The molecule has 1 aliphatic heterocycles. The molecular formula is C20H26N4O. The minimum atomic E-state index is 0.00700. The van der Waals surface area contributed by atoms with Crippen LogP contribution in [-0.2, 0) is 13.0 Å². The summed E-state index contributed by atoms with van der Waals surface area (Å²) in [7, 11) is 0. The molecule has 0 unspecified atom stereocenters. The van der Waals surface area contributed by atoms with Gasteiger partial charge in [0.2, 0.25) is 0 Å². The van der Waals surface area contributed by atoms with Crippen LogP contribution in [0.25, 0.3) is 0 Å². The summed E-state index contributed by atoms with van der Waals surface area (Å²) in [5.74, 6) is 0. The molecule has 2 heterocycles. The van der Waals surface area contributed by atoms with Gasteiger partial charge in [-0.3, -0.25) is 9.88 Å². The number of carbonyl (C=O) groups excluding carboxylic acids is 1. The summed E-state index contributed by atoms with van der Waals surface area (Å²) in [4.78, 5) is 21.0. The van der Waals surface area contributed by atoms with Gasteiger partial charge in [-0.2, -0.15) is 0 Å². The van der Waals surface area contributed by atoms with Crippen LogP contribution in [0.5, 0.6) is 0 Å². The average Bonchev–Trinajstić information content (AvgIpc) is 2.64. The Hall–Kier alpha value is -2.40. The first-order valence-corrected chi connectivity index (χ1v) is 8.93. The Morgan fingerprint density at radius 3 is 2.52 bits per heavy atom. The van der Waals surface area contributed by atoms with Gasteiger partial charge in [-0.25, -0.2) is 4.79 Å². The zero-order valence-corrected chi connectivity index (χ0v) is 15.0. The van der Waals surface area contributed by atoms with Crippen LogP contribution in [-0.4, -0.2) is 47.0 Å². The van der Waals surface area contributed by atoms with Crippen LogP contribution >= 0.6 is 0 Å². The third-order valence-corrected chi connectivity index (χ3v) is 4.79. The van der Waals surface area contributed by atoms with Crippen molar-refractivity contribution in [3.05, 3.63) is 59.4 Å². The molecule has 2 aromatic rings. The maximum absolute atomic E-state index is 12.6. The van der Waals surface area contributed by atoms with E-state index >= 15 is 0 Å². The van der Waals surface area contributed by atoms with Crippen LogP contribution in [0.4, 0.5) is 10.5 Å². The third-order valence-electron chi connectivity index (χ3n) is 4.79. The first kappa shape index (κ1) is 17.4. The maximum Gasteiger partial charge on any atom is 0.321 e. The molecule has 0 radical (unpaired) electrons.